The van der Waals surface area contributed by atoms with Gasteiger partial charge in [0.2, 0.25) is 0 Å². The number of benzene rings is 2. The highest BCUT2D eigenvalue weighted by Crippen LogP contribution is 2.36. The minimum Gasteiger partial charge on any atom is -0.423 e. The van der Waals surface area contributed by atoms with Crippen LogP contribution in [-0.2, 0) is 16.4 Å². The SMILES string of the molecule is C[C@@H]1Cc2ccccc2N1S(=O)(=O)c1ccc2oc(=O)ccc2c1. The van der Waals surface area contributed by atoms with Crippen molar-refractivity contribution >= 4 is 26.7 Å². The van der Waals surface area contributed by atoms with E-state index < -0.39 is 15.6 Å². The molecule has 0 saturated heterocycles. The molecule has 1 aliphatic heterocycles. The lowest BCUT2D eigenvalue weighted by atomic mass is 10.1. The Balaban J connectivity index is 1.86. The molecule has 24 heavy (non-hydrogen) atoms. The maximum atomic E-state index is 13.2. The van der Waals surface area contributed by atoms with Crippen molar-refractivity contribution in [2.24, 2.45) is 0 Å². The first-order chi connectivity index (χ1) is 11.5. The summed E-state index contributed by atoms with van der Waals surface area (Å²) < 4.78 is 32.8. The van der Waals surface area contributed by atoms with E-state index in [1.165, 1.54) is 22.5 Å². The number of rotatable bonds is 2. The minimum absolute atomic E-state index is 0.142. The Bertz CT molecular complexity index is 1100. The van der Waals surface area contributed by atoms with E-state index >= 15 is 0 Å². The molecule has 0 spiro atoms. The number of hydrogen-bond donors (Lipinski definition) is 0. The molecule has 0 saturated carbocycles. The number of para-hydroxylation sites is 1. The quantitative estimate of drug-likeness (QED) is 0.672. The maximum absolute atomic E-state index is 13.2. The average molecular weight is 341 g/mol. The lowest BCUT2D eigenvalue weighted by Crippen LogP contribution is -2.35. The number of hydrogen-bond acceptors (Lipinski definition) is 4. The van der Waals surface area contributed by atoms with Crippen LogP contribution in [0.4, 0.5) is 5.69 Å². The molecule has 6 heteroatoms. The van der Waals surface area contributed by atoms with Crippen LogP contribution in [0.2, 0.25) is 0 Å². The van der Waals surface area contributed by atoms with Gasteiger partial charge in [-0.3, -0.25) is 4.31 Å². The first-order valence-corrected chi connectivity index (χ1v) is 9.07. The number of sulfonamides is 1. The summed E-state index contributed by atoms with van der Waals surface area (Å²) in [5.41, 5.74) is 1.67. The predicted molar refractivity (Wildman–Crippen MR) is 91.8 cm³/mol. The first kappa shape index (κ1) is 15.0. The molecule has 2 heterocycles. The summed E-state index contributed by atoms with van der Waals surface area (Å²) in [5.74, 6) is 0. The molecule has 0 unspecified atom stereocenters. The molecule has 1 aliphatic rings. The molecule has 3 aromatic rings. The molecule has 5 nitrogen and oxygen atoms in total. The zero-order valence-electron chi connectivity index (χ0n) is 13.0. The Morgan fingerprint density at radius 1 is 1.08 bits per heavy atom. The third kappa shape index (κ3) is 2.22. The van der Waals surface area contributed by atoms with Crippen LogP contribution in [-0.4, -0.2) is 14.5 Å². The lowest BCUT2D eigenvalue weighted by Gasteiger charge is -2.24. The van der Waals surface area contributed by atoms with Crippen LogP contribution >= 0.6 is 0 Å². The van der Waals surface area contributed by atoms with Gasteiger partial charge in [-0.05, 0) is 49.2 Å². The van der Waals surface area contributed by atoms with Crippen molar-refractivity contribution in [1.82, 2.24) is 0 Å². The third-order valence-electron chi connectivity index (χ3n) is 4.29. The number of nitrogens with zero attached hydrogens (tertiary/aromatic N) is 1. The Kier molecular flexibility index (Phi) is 3.25. The second kappa shape index (κ2) is 5.21. The molecule has 0 aliphatic carbocycles. The van der Waals surface area contributed by atoms with Gasteiger partial charge in [-0.2, -0.15) is 0 Å². The molecule has 0 amide bonds. The van der Waals surface area contributed by atoms with Gasteiger partial charge in [0.1, 0.15) is 5.58 Å². The van der Waals surface area contributed by atoms with Crippen LogP contribution in [0.5, 0.6) is 0 Å². The molecule has 122 valence electrons. The Morgan fingerprint density at radius 3 is 2.71 bits per heavy atom. The summed E-state index contributed by atoms with van der Waals surface area (Å²) in [4.78, 5) is 11.4. The summed E-state index contributed by atoms with van der Waals surface area (Å²) in [6.07, 6.45) is 0.692. The van der Waals surface area contributed by atoms with Crippen LogP contribution in [0.15, 0.2) is 68.7 Å². The third-order valence-corrected chi connectivity index (χ3v) is 6.22. The topological polar surface area (TPSA) is 67.6 Å². The van der Waals surface area contributed by atoms with Crippen molar-refractivity contribution in [3.8, 4) is 0 Å². The zero-order valence-corrected chi connectivity index (χ0v) is 13.8. The zero-order chi connectivity index (χ0) is 16.9. The monoisotopic (exact) mass is 341 g/mol. The standard InChI is InChI=1S/C18H15NO4S/c1-12-10-13-4-2-3-5-16(13)19(12)24(21,22)15-7-8-17-14(11-15)6-9-18(20)23-17/h2-9,11-12H,10H2,1H3/t12-/m1/s1. The number of anilines is 1. The smallest absolute Gasteiger partial charge is 0.336 e. The normalized spacial score (nSPS) is 17.2. The summed E-state index contributed by atoms with van der Waals surface area (Å²) in [5, 5.41) is 0.579. The van der Waals surface area contributed by atoms with Crippen LogP contribution in [0.1, 0.15) is 12.5 Å². The van der Waals surface area contributed by atoms with E-state index in [2.05, 4.69) is 0 Å². The van der Waals surface area contributed by atoms with E-state index in [0.717, 1.165) is 11.3 Å². The molecular formula is C18H15NO4S. The molecule has 0 N–H and O–H groups in total. The highest BCUT2D eigenvalue weighted by molar-refractivity contribution is 7.92. The predicted octanol–water partition coefficient (Wildman–Crippen LogP) is 2.93. The van der Waals surface area contributed by atoms with E-state index in [4.69, 9.17) is 4.42 Å². The Hall–Kier alpha value is -2.60. The summed E-state index contributed by atoms with van der Waals surface area (Å²) in [6, 6.07) is 14.8. The minimum atomic E-state index is -3.69. The second-order valence-electron chi connectivity index (χ2n) is 5.94. The van der Waals surface area contributed by atoms with Crippen LogP contribution in [0, 0.1) is 0 Å². The van der Waals surface area contributed by atoms with E-state index in [1.807, 2.05) is 31.2 Å². The van der Waals surface area contributed by atoms with E-state index in [1.54, 1.807) is 12.1 Å². The van der Waals surface area contributed by atoms with Crippen molar-refractivity contribution in [3.05, 3.63) is 70.6 Å². The molecular weight excluding hydrogens is 326 g/mol. The highest BCUT2D eigenvalue weighted by Gasteiger charge is 2.35. The van der Waals surface area contributed by atoms with Crippen molar-refractivity contribution in [2.75, 3.05) is 4.31 Å². The van der Waals surface area contributed by atoms with E-state index in [9.17, 15) is 13.2 Å². The van der Waals surface area contributed by atoms with Crippen LogP contribution in [0.25, 0.3) is 11.0 Å². The fourth-order valence-electron chi connectivity index (χ4n) is 3.23. The van der Waals surface area contributed by atoms with Gasteiger partial charge in [0.05, 0.1) is 10.6 Å². The summed E-state index contributed by atoms with van der Waals surface area (Å²) in [7, 11) is -3.69. The molecule has 0 bridgehead atoms. The van der Waals surface area contributed by atoms with Gasteiger partial charge in [0.25, 0.3) is 10.0 Å². The molecule has 4 rings (SSSR count). The first-order valence-electron chi connectivity index (χ1n) is 7.63. The lowest BCUT2D eigenvalue weighted by molar-refractivity contribution is 0.560. The largest absolute Gasteiger partial charge is 0.423 e. The van der Waals surface area contributed by atoms with Gasteiger partial charge in [0.15, 0.2) is 0 Å². The average Bonchev–Trinajstić information content (AvgIpc) is 2.90. The summed E-state index contributed by atoms with van der Waals surface area (Å²) >= 11 is 0. The molecule has 2 aromatic carbocycles. The van der Waals surface area contributed by atoms with Gasteiger partial charge >= 0.3 is 5.63 Å². The highest BCUT2D eigenvalue weighted by atomic mass is 32.2. The number of fused-ring (bicyclic) bond motifs is 2. The van der Waals surface area contributed by atoms with Gasteiger partial charge in [-0.15, -0.1) is 0 Å². The molecule has 1 atom stereocenters. The van der Waals surface area contributed by atoms with Gasteiger partial charge < -0.3 is 4.42 Å². The molecule has 0 fully saturated rings. The Morgan fingerprint density at radius 2 is 1.88 bits per heavy atom. The molecule has 0 radical (unpaired) electrons. The van der Waals surface area contributed by atoms with Crippen molar-refractivity contribution in [1.29, 1.82) is 0 Å². The van der Waals surface area contributed by atoms with Gasteiger partial charge in [-0.1, -0.05) is 18.2 Å². The van der Waals surface area contributed by atoms with E-state index in [0.29, 0.717) is 17.4 Å². The van der Waals surface area contributed by atoms with Crippen molar-refractivity contribution in [3.63, 3.8) is 0 Å². The molecule has 1 aromatic heterocycles. The van der Waals surface area contributed by atoms with Crippen LogP contribution < -0.4 is 9.93 Å². The second-order valence-corrected chi connectivity index (χ2v) is 7.75. The van der Waals surface area contributed by atoms with Crippen LogP contribution in [0.3, 0.4) is 0 Å². The van der Waals surface area contributed by atoms with Gasteiger partial charge in [-0.25, -0.2) is 13.2 Å². The Labute approximate surface area is 139 Å². The van der Waals surface area contributed by atoms with E-state index in [-0.39, 0.29) is 10.9 Å². The fourth-order valence-corrected chi connectivity index (χ4v) is 4.96. The fraction of sp³-hybridized carbons (Fsp3) is 0.167. The van der Waals surface area contributed by atoms with Crippen molar-refractivity contribution < 1.29 is 12.8 Å². The van der Waals surface area contributed by atoms with Crippen molar-refractivity contribution in [2.45, 2.75) is 24.3 Å². The summed E-state index contributed by atoms with van der Waals surface area (Å²) in [6.45, 7) is 1.90. The maximum Gasteiger partial charge on any atom is 0.336 e. The van der Waals surface area contributed by atoms with Gasteiger partial charge in [0, 0.05) is 17.5 Å².